The largest absolute Gasteiger partial charge is 0.480 e. The summed E-state index contributed by atoms with van der Waals surface area (Å²) >= 11 is 1.54. The van der Waals surface area contributed by atoms with Gasteiger partial charge in [-0.25, -0.2) is 4.39 Å². The van der Waals surface area contributed by atoms with Crippen LogP contribution in [0, 0.1) is 12.7 Å². The first kappa shape index (κ1) is 18.3. The van der Waals surface area contributed by atoms with Gasteiger partial charge < -0.3 is 14.4 Å². The molecule has 0 radical (unpaired) electrons. The van der Waals surface area contributed by atoms with Crippen molar-refractivity contribution >= 4 is 28.2 Å². The number of hydrogen-bond acceptors (Lipinski definition) is 3. The Morgan fingerprint density at radius 3 is 2.68 bits per heavy atom. The molecule has 0 spiro atoms. The van der Waals surface area contributed by atoms with Crippen molar-refractivity contribution in [3.63, 3.8) is 0 Å². The highest BCUT2D eigenvalue weighted by Crippen LogP contribution is 2.36. The second-order valence-corrected chi connectivity index (χ2v) is 7.48. The molecule has 0 atom stereocenters. The average Bonchev–Trinajstić information content (AvgIpc) is 3.21. The maximum absolute atomic E-state index is 14.7. The van der Waals surface area contributed by atoms with Crippen LogP contribution in [0.3, 0.4) is 0 Å². The predicted molar refractivity (Wildman–Crippen MR) is 108 cm³/mol. The van der Waals surface area contributed by atoms with Crippen molar-refractivity contribution in [2.75, 3.05) is 0 Å². The third-order valence-corrected chi connectivity index (χ3v) is 5.63. The molecule has 2 aromatic carbocycles. The fraction of sp³-hybridized carbons (Fsp3) is 0.136. The van der Waals surface area contributed by atoms with E-state index in [4.69, 9.17) is 4.74 Å². The first-order valence-corrected chi connectivity index (χ1v) is 9.70. The van der Waals surface area contributed by atoms with Crippen LogP contribution in [0.4, 0.5) is 4.39 Å². The van der Waals surface area contributed by atoms with Gasteiger partial charge in [-0.15, -0.1) is 11.3 Å². The van der Waals surface area contributed by atoms with Crippen molar-refractivity contribution in [2.45, 2.75) is 19.9 Å². The van der Waals surface area contributed by atoms with E-state index in [1.54, 1.807) is 16.7 Å². The Kier molecular flexibility index (Phi) is 4.88. The molecule has 142 valence electrons. The van der Waals surface area contributed by atoms with Gasteiger partial charge in [-0.2, -0.15) is 0 Å². The summed E-state index contributed by atoms with van der Waals surface area (Å²) in [6.07, 6.45) is 0.468. The van der Waals surface area contributed by atoms with Crippen molar-refractivity contribution in [1.29, 1.82) is 0 Å². The minimum Gasteiger partial charge on any atom is -0.480 e. The number of carboxylic acids is 1. The molecule has 2 heterocycles. The van der Waals surface area contributed by atoms with E-state index in [1.165, 1.54) is 17.4 Å². The third kappa shape index (κ3) is 3.39. The van der Waals surface area contributed by atoms with Crippen LogP contribution in [0.2, 0.25) is 0 Å². The average molecular weight is 395 g/mol. The third-order valence-electron chi connectivity index (χ3n) is 4.73. The molecule has 0 saturated carbocycles. The molecule has 0 bridgehead atoms. The molecule has 2 aromatic heterocycles. The number of carboxylic acid groups (broad SMARTS) is 1. The van der Waals surface area contributed by atoms with E-state index in [9.17, 15) is 14.3 Å². The van der Waals surface area contributed by atoms with Gasteiger partial charge >= 0.3 is 5.97 Å². The van der Waals surface area contributed by atoms with E-state index >= 15 is 0 Å². The lowest BCUT2D eigenvalue weighted by Gasteiger charge is -2.08. The normalized spacial score (nSPS) is 11.1. The summed E-state index contributed by atoms with van der Waals surface area (Å²) in [4.78, 5) is 12.3. The molecule has 0 aliphatic carbocycles. The highest BCUT2D eigenvalue weighted by Gasteiger charge is 2.20. The zero-order valence-corrected chi connectivity index (χ0v) is 16.0. The number of aromatic nitrogens is 1. The molecule has 6 heteroatoms. The number of rotatable bonds is 6. The van der Waals surface area contributed by atoms with Crippen LogP contribution in [0.15, 0.2) is 60.0 Å². The maximum Gasteiger partial charge on any atom is 0.323 e. The number of carbonyl (C=O) groups is 1. The van der Waals surface area contributed by atoms with Gasteiger partial charge in [0.2, 0.25) is 0 Å². The Balaban J connectivity index is 1.76. The van der Waals surface area contributed by atoms with Crippen LogP contribution in [-0.2, 0) is 17.8 Å². The number of benzene rings is 2. The van der Waals surface area contributed by atoms with E-state index < -0.39 is 5.97 Å². The zero-order chi connectivity index (χ0) is 19.7. The number of para-hydroxylation sites is 1. The van der Waals surface area contributed by atoms with Gasteiger partial charge in [0, 0.05) is 17.5 Å². The lowest BCUT2D eigenvalue weighted by atomic mass is 10.1. The summed E-state index contributed by atoms with van der Waals surface area (Å²) in [6.45, 7) is 1.63. The minimum absolute atomic E-state index is 0.205. The molecular formula is C22H18FNO3S. The molecule has 0 aliphatic heterocycles. The predicted octanol–water partition coefficient (Wildman–Crippen LogP) is 5.62. The number of hydrogen-bond donors (Lipinski definition) is 1. The Morgan fingerprint density at radius 1 is 1.14 bits per heavy atom. The van der Waals surface area contributed by atoms with Crippen molar-refractivity contribution < 1.29 is 19.0 Å². The molecule has 0 saturated heterocycles. The molecule has 4 nitrogen and oxygen atoms in total. The van der Waals surface area contributed by atoms with Crippen LogP contribution >= 0.6 is 11.3 Å². The summed E-state index contributed by atoms with van der Waals surface area (Å²) in [6, 6.07) is 16.2. The van der Waals surface area contributed by atoms with Crippen LogP contribution in [0.5, 0.6) is 11.5 Å². The van der Waals surface area contributed by atoms with Gasteiger partial charge in [-0.3, -0.25) is 4.79 Å². The van der Waals surface area contributed by atoms with Crippen LogP contribution in [0.1, 0.15) is 16.1 Å². The van der Waals surface area contributed by atoms with Gasteiger partial charge in [0.1, 0.15) is 23.9 Å². The van der Waals surface area contributed by atoms with Crippen molar-refractivity contribution in [3.8, 4) is 11.5 Å². The number of nitrogens with zero attached hydrogens (tertiary/aromatic N) is 1. The van der Waals surface area contributed by atoms with Gasteiger partial charge in [-0.1, -0.05) is 24.3 Å². The second kappa shape index (κ2) is 7.48. The van der Waals surface area contributed by atoms with Crippen molar-refractivity contribution in [1.82, 2.24) is 4.57 Å². The summed E-state index contributed by atoms with van der Waals surface area (Å²) in [5.41, 5.74) is 2.13. The minimum atomic E-state index is -0.958. The van der Waals surface area contributed by atoms with E-state index in [0.29, 0.717) is 17.3 Å². The number of aliphatic carboxylic acids is 1. The Labute approximate surface area is 165 Å². The Morgan fingerprint density at radius 2 is 1.93 bits per heavy atom. The van der Waals surface area contributed by atoms with Crippen molar-refractivity contribution in [2.24, 2.45) is 0 Å². The topological polar surface area (TPSA) is 51.5 Å². The highest BCUT2D eigenvalue weighted by atomic mass is 32.1. The summed E-state index contributed by atoms with van der Waals surface area (Å²) in [5, 5.41) is 11.7. The fourth-order valence-electron chi connectivity index (χ4n) is 3.44. The molecule has 0 unspecified atom stereocenters. The van der Waals surface area contributed by atoms with E-state index in [2.05, 4.69) is 0 Å². The summed E-state index contributed by atoms with van der Waals surface area (Å²) in [5.74, 6) is 0.159. The summed E-state index contributed by atoms with van der Waals surface area (Å²) < 4.78 is 22.3. The SMILES string of the molecule is Cc1c(Cc2sccc2Oc2ccccc2)c2c(F)cccc2n1CC(=O)O. The molecule has 0 amide bonds. The van der Waals surface area contributed by atoms with Gasteiger partial charge in [0.15, 0.2) is 0 Å². The molecule has 0 fully saturated rings. The number of halogens is 1. The van der Waals surface area contributed by atoms with E-state index in [0.717, 1.165) is 27.6 Å². The smallest absolute Gasteiger partial charge is 0.323 e. The van der Waals surface area contributed by atoms with Crippen molar-refractivity contribution in [3.05, 3.63) is 81.9 Å². The number of fused-ring (bicyclic) bond motifs is 1. The van der Waals surface area contributed by atoms with Gasteiger partial charge in [0.25, 0.3) is 0 Å². The van der Waals surface area contributed by atoms with Crippen LogP contribution in [-0.4, -0.2) is 15.6 Å². The first-order chi connectivity index (χ1) is 13.5. The molecule has 4 aromatic rings. The number of thiophene rings is 1. The first-order valence-electron chi connectivity index (χ1n) is 8.82. The molecule has 0 aliphatic rings. The highest BCUT2D eigenvalue weighted by molar-refractivity contribution is 7.10. The van der Waals surface area contributed by atoms with E-state index in [1.807, 2.05) is 48.7 Å². The monoisotopic (exact) mass is 395 g/mol. The lowest BCUT2D eigenvalue weighted by molar-refractivity contribution is -0.137. The fourth-order valence-corrected chi connectivity index (χ4v) is 4.25. The Bertz CT molecular complexity index is 1150. The quantitative estimate of drug-likeness (QED) is 0.461. The molecule has 4 rings (SSSR count). The van der Waals surface area contributed by atoms with Gasteiger partial charge in [-0.05, 0) is 48.2 Å². The number of ether oxygens (including phenoxy) is 1. The van der Waals surface area contributed by atoms with Crippen LogP contribution < -0.4 is 4.74 Å². The molecule has 1 N–H and O–H groups in total. The van der Waals surface area contributed by atoms with E-state index in [-0.39, 0.29) is 12.4 Å². The summed E-state index contributed by atoms with van der Waals surface area (Å²) in [7, 11) is 0. The van der Waals surface area contributed by atoms with Gasteiger partial charge in [0.05, 0.1) is 10.4 Å². The lowest BCUT2D eigenvalue weighted by Crippen LogP contribution is -2.10. The Hall–Kier alpha value is -3.12. The molecule has 28 heavy (non-hydrogen) atoms. The zero-order valence-electron chi connectivity index (χ0n) is 15.2. The van der Waals surface area contributed by atoms with Crippen LogP contribution in [0.25, 0.3) is 10.9 Å². The maximum atomic E-state index is 14.7. The second-order valence-electron chi connectivity index (χ2n) is 6.48. The standard InChI is InChI=1S/C22H18FNO3S/c1-14-16(22-17(23)8-5-9-18(22)24(14)13-21(25)26)12-20-19(10-11-28-20)27-15-6-3-2-4-7-15/h2-11H,12-13H2,1H3,(H,25,26). The molecular weight excluding hydrogens is 377 g/mol.